The molecular weight excluding hydrogens is 476 g/mol. The summed E-state index contributed by atoms with van der Waals surface area (Å²) >= 11 is 0. The lowest BCUT2D eigenvalue weighted by molar-refractivity contribution is -0.894. The number of benzene rings is 1. The average molecular weight is 512 g/mol. The van der Waals surface area contributed by atoms with Crippen molar-refractivity contribution in [2.75, 3.05) is 37.6 Å². The van der Waals surface area contributed by atoms with Crippen molar-refractivity contribution in [2.45, 2.75) is 58.0 Å². The van der Waals surface area contributed by atoms with Gasteiger partial charge >= 0.3 is 0 Å². The van der Waals surface area contributed by atoms with E-state index in [2.05, 4.69) is 20.0 Å². The van der Waals surface area contributed by atoms with Gasteiger partial charge in [-0.1, -0.05) is 0 Å². The summed E-state index contributed by atoms with van der Waals surface area (Å²) < 4.78 is 32.3. The highest BCUT2D eigenvalue weighted by molar-refractivity contribution is 5.76. The molecule has 0 radical (unpaired) electrons. The topological polar surface area (TPSA) is 74.0 Å². The van der Waals surface area contributed by atoms with Crippen LogP contribution in [0.15, 0.2) is 24.5 Å². The molecule has 0 amide bonds. The van der Waals surface area contributed by atoms with E-state index >= 15 is 0 Å². The third-order valence-corrected chi connectivity index (χ3v) is 8.41. The third-order valence-electron chi connectivity index (χ3n) is 8.41. The molecule has 0 aliphatic carbocycles. The van der Waals surface area contributed by atoms with Crippen molar-refractivity contribution in [1.82, 2.24) is 24.9 Å². The predicted octanol–water partition coefficient (Wildman–Crippen LogP) is 4.62. The molecule has 0 saturated carbocycles. The summed E-state index contributed by atoms with van der Waals surface area (Å²) in [6.07, 6.45) is 5.22. The Balaban J connectivity index is 1.48. The summed E-state index contributed by atoms with van der Waals surface area (Å²) in [4.78, 5) is 2.11. The van der Waals surface area contributed by atoms with E-state index in [-0.39, 0.29) is 10.2 Å². The summed E-state index contributed by atoms with van der Waals surface area (Å²) in [5.74, 6) is 0.787. The highest BCUT2D eigenvalue weighted by atomic mass is 19.3. The molecule has 1 atom stereocenters. The van der Waals surface area contributed by atoms with Crippen LogP contribution in [-0.2, 0) is 26.4 Å². The van der Waals surface area contributed by atoms with Gasteiger partial charge in [-0.2, -0.15) is 10.2 Å². The standard InChI is InChI=1S/C27H35F2N7O/c1-3-36(37)12-8-24-23(17-36)27(32-35(24)20-6-9-30-10-7-20)34-11-4-5-18-13-21(19-15-31-33(2)16-19)22(26(28)29)14-25(18)34/h13-16,20,26,30H,3-12,17H2,1-2H3. The van der Waals surface area contributed by atoms with Gasteiger partial charge in [0.05, 0.1) is 36.6 Å². The van der Waals surface area contributed by atoms with Crippen molar-refractivity contribution in [1.29, 1.82) is 0 Å². The monoisotopic (exact) mass is 511 g/mol. The van der Waals surface area contributed by atoms with Gasteiger partial charge in [0.1, 0.15) is 6.54 Å². The second-order valence-electron chi connectivity index (χ2n) is 10.7. The molecule has 10 heteroatoms. The van der Waals surface area contributed by atoms with Crippen LogP contribution in [0.3, 0.4) is 0 Å². The number of halogens is 2. The lowest BCUT2D eigenvalue weighted by atomic mass is 9.92. The van der Waals surface area contributed by atoms with Crippen molar-refractivity contribution < 1.29 is 13.4 Å². The van der Waals surface area contributed by atoms with E-state index in [0.717, 1.165) is 67.1 Å². The van der Waals surface area contributed by atoms with Gasteiger partial charge in [-0.15, -0.1) is 0 Å². The maximum atomic E-state index is 14.4. The number of anilines is 2. The molecule has 3 aromatic rings. The molecule has 37 heavy (non-hydrogen) atoms. The number of hydrogen-bond donors (Lipinski definition) is 1. The number of piperidine rings is 1. The van der Waals surface area contributed by atoms with Crippen molar-refractivity contribution >= 4 is 11.5 Å². The Bertz CT molecular complexity index is 1300. The van der Waals surface area contributed by atoms with Gasteiger partial charge in [-0.05, 0) is 69.0 Å². The number of aryl methyl sites for hydroxylation is 2. The molecular formula is C27H35F2N7O. The normalized spacial score (nSPS) is 22.4. The average Bonchev–Trinajstić information content (AvgIpc) is 3.51. The Hall–Kier alpha value is -2.82. The zero-order valence-electron chi connectivity index (χ0n) is 21.6. The minimum Gasteiger partial charge on any atom is -0.633 e. The third kappa shape index (κ3) is 4.34. The number of hydroxylamine groups is 3. The molecule has 5 heterocycles. The quantitative estimate of drug-likeness (QED) is 0.400. The van der Waals surface area contributed by atoms with Crippen molar-refractivity contribution in [3.8, 4) is 11.1 Å². The summed E-state index contributed by atoms with van der Waals surface area (Å²) in [5.41, 5.74) is 5.23. The Morgan fingerprint density at radius 3 is 2.73 bits per heavy atom. The number of rotatable bonds is 5. The first-order chi connectivity index (χ1) is 17.9. The fourth-order valence-corrected chi connectivity index (χ4v) is 6.29. The van der Waals surface area contributed by atoms with Crippen LogP contribution >= 0.6 is 0 Å². The molecule has 198 valence electrons. The van der Waals surface area contributed by atoms with Crippen LogP contribution in [0.2, 0.25) is 0 Å². The van der Waals surface area contributed by atoms with Gasteiger partial charge in [-0.25, -0.2) is 8.78 Å². The van der Waals surface area contributed by atoms with E-state index in [0.29, 0.717) is 49.8 Å². The van der Waals surface area contributed by atoms with Crippen LogP contribution in [0.25, 0.3) is 11.1 Å². The lowest BCUT2D eigenvalue weighted by Gasteiger charge is -2.45. The summed E-state index contributed by atoms with van der Waals surface area (Å²) in [7, 11) is 1.79. The van der Waals surface area contributed by atoms with E-state index in [1.165, 1.54) is 0 Å². The number of likely N-dealkylation sites (N-methyl/N-ethyl adjacent to an activating group) is 1. The van der Waals surface area contributed by atoms with E-state index in [1.54, 1.807) is 30.2 Å². The number of fused-ring (bicyclic) bond motifs is 2. The van der Waals surface area contributed by atoms with Gasteiger partial charge in [-0.3, -0.25) is 9.36 Å². The number of alkyl halides is 2. The molecule has 0 spiro atoms. The molecule has 2 aromatic heterocycles. The van der Waals surface area contributed by atoms with E-state index < -0.39 is 6.43 Å². The summed E-state index contributed by atoms with van der Waals surface area (Å²) in [5, 5.41) is 26.2. The van der Waals surface area contributed by atoms with Gasteiger partial charge in [0, 0.05) is 43.0 Å². The smallest absolute Gasteiger partial charge is 0.264 e. The van der Waals surface area contributed by atoms with Gasteiger partial charge in [0.25, 0.3) is 6.43 Å². The Morgan fingerprint density at radius 1 is 1.22 bits per heavy atom. The van der Waals surface area contributed by atoms with E-state index in [1.807, 2.05) is 13.0 Å². The predicted molar refractivity (Wildman–Crippen MR) is 139 cm³/mol. The number of nitrogens with one attached hydrogen (secondary N) is 1. The van der Waals surface area contributed by atoms with Crippen LogP contribution in [0.1, 0.15) is 61.0 Å². The number of aromatic nitrogens is 4. The molecule has 6 rings (SSSR count). The van der Waals surface area contributed by atoms with Gasteiger partial charge < -0.3 is 20.1 Å². The van der Waals surface area contributed by atoms with Crippen molar-refractivity contribution in [2.24, 2.45) is 7.05 Å². The van der Waals surface area contributed by atoms with Gasteiger partial charge in [0.2, 0.25) is 0 Å². The zero-order valence-corrected chi connectivity index (χ0v) is 21.6. The van der Waals surface area contributed by atoms with E-state index in [4.69, 9.17) is 5.10 Å². The summed E-state index contributed by atoms with van der Waals surface area (Å²) in [6, 6.07) is 3.86. The molecule has 1 saturated heterocycles. The van der Waals surface area contributed by atoms with Crippen LogP contribution in [0.4, 0.5) is 20.3 Å². The lowest BCUT2D eigenvalue weighted by Crippen LogP contribution is -2.46. The van der Waals surface area contributed by atoms with Crippen LogP contribution in [0, 0.1) is 5.21 Å². The number of quaternary nitrogens is 1. The second kappa shape index (κ2) is 9.49. The SMILES string of the molecule is CC[N+]1([O-])CCc2c(c(N3CCCc4cc(-c5cnn(C)c5)c(C(F)F)cc43)nn2C2CCNCC2)C1. The molecule has 3 aliphatic heterocycles. The summed E-state index contributed by atoms with van der Waals surface area (Å²) in [6.45, 7) is 5.99. The number of nitrogens with zero attached hydrogens (tertiary/aromatic N) is 6. The van der Waals surface area contributed by atoms with E-state index in [9.17, 15) is 14.0 Å². The minimum absolute atomic E-state index is 0.00724. The van der Waals surface area contributed by atoms with Crippen LogP contribution in [-0.4, -0.2) is 56.9 Å². The van der Waals surface area contributed by atoms with Gasteiger partial charge in [0.15, 0.2) is 5.82 Å². The maximum Gasteiger partial charge on any atom is 0.264 e. The van der Waals surface area contributed by atoms with Crippen molar-refractivity contribution in [3.05, 3.63) is 52.1 Å². The fourth-order valence-electron chi connectivity index (χ4n) is 6.29. The molecule has 1 fully saturated rings. The Morgan fingerprint density at radius 2 is 2.03 bits per heavy atom. The van der Waals surface area contributed by atoms with Crippen LogP contribution in [0.5, 0.6) is 0 Å². The van der Waals surface area contributed by atoms with Crippen LogP contribution < -0.4 is 10.2 Å². The first-order valence-corrected chi connectivity index (χ1v) is 13.5. The maximum absolute atomic E-state index is 14.4. The number of hydrogen-bond acceptors (Lipinski definition) is 5. The zero-order chi connectivity index (χ0) is 25.7. The Kier molecular flexibility index (Phi) is 6.29. The fraction of sp³-hybridized carbons (Fsp3) is 0.556. The second-order valence-corrected chi connectivity index (χ2v) is 10.7. The molecule has 1 unspecified atom stereocenters. The Labute approximate surface area is 216 Å². The largest absolute Gasteiger partial charge is 0.633 e. The molecule has 3 aliphatic rings. The highest BCUT2D eigenvalue weighted by Crippen LogP contribution is 2.44. The van der Waals surface area contributed by atoms with Crippen molar-refractivity contribution in [3.63, 3.8) is 0 Å². The first kappa shape index (κ1) is 24.5. The molecule has 1 N–H and O–H groups in total. The molecule has 1 aromatic carbocycles. The molecule has 8 nitrogen and oxygen atoms in total. The first-order valence-electron chi connectivity index (χ1n) is 13.5. The molecule has 0 bridgehead atoms. The highest BCUT2D eigenvalue weighted by Gasteiger charge is 2.36. The minimum atomic E-state index is -2.61.